The number of nitrogens with zero attached hydrogens (tertiary/aromatic N) is 2. The zero-order valence-corrected chi connectivity index (χ0v) is 29.0. The van der Waals surface area contributed by atoms with Crippen molar-refractivity contribution in [3.8, 4) is 5.75 Å². The molecule has 0 aliphatic rings. The molecular weight excluding hydrogens is 764 g/mol. The van der Waals surface area contributed by atoms with Crippen LogP contribution in [0.15, 0.2) is 103 Å². The number of benzene rings is 4. The fourth-order valence-electron chi connectivity index (χ4n) is 4.83. The van der Waals surface area contributed by atoms with Gasteiger partial charge < -0.3 is 44.3 Å². The zero-order valence-electron chi connectivity index (χ0n) is 24.5. The van der Waals surface area contributed by atoms with Crippen molar-refractivity contribution in [3.63, 3.8) is 0 Å². The average Bonchev–Trinajstić information content (AvgIpc) is 3.34. The van der Waals surface area contributed by atoms with E-state index in [4.69, 9.17) is 15.9 Å². The number of nitrogens with one attached hydrogen (secondary N) is 2. The minimum atomic E-state index is -0.173. The number of hydrogen-bond acceptors (Lipinski definition) is 3. The van der Waals surface area contributed by atoms with Crippen LogP contribution in [0.3, 0.4) is 0 Å². The van der Waals surface area contributed by atoms with Gasteiger partial charge in [-0.25, -0.2) is 0 Å². The van der Waals surface area contributed by atoms with Gasteiger partial charge in [0.15, 0.2) is 0 Å². The number of amidine groups is 1. The fourth-order valence-corrected chi connectivity index (χ4v) is 4.83. The molecule has 4 aromatic carbocycles. The molecule has 0 bridgehead atoms. The highest BCUT2D eigenvalue weighted by Crippen LogP contribution is 2.31. The van der Waals surface area contributed by atoms with Crippen molar-refractivity contribution in [2.75, 3.05) is 21.1 Å². The third kappa shape index (κ3) is 8.36. The van der Waals surface area contributed by atoms with E-state index in [1.54, 1.807) is 0 Å². The van der Waals surface area contributed by atoms with Crippen molar-refractivity contribution < 1.29 is 33.5 Å². The maximum atomic E-state index is 13.7. The summed E-state index contributed by atoms with van der Waals surface area (Å²) >= 11 is 0. The molecule has 0 saturated heterocycles. The summed E-state index contributed by atoms with van der Waals surface area (Å²) in [5.41, 5.74) is 12.0. The first-order valence-corrected chi connectivity index (χ1v) is 13.6. The number of amides is 1. The van der Waals surface area contributed by atoms with Crippen LogP contribution in [0.25, 0.3) is 10.9 Å². The van der Waals surface area contributed by atoms with Gasteiger partial charge in [-0.15, -0.1) is 24.0 Å². The SMILES string of the molecule is C[N+](C)(C)c1ccc(CNC(=O)c2cc3c(OCc4ccccc4)cccc3n2Cc2cccc(C(=N)N)c2)cc1.I.[I-]. The van der Waals surface area contributed by atoms with Crippen LogP contribution in [0.1, 0.15) is 32.7 Å². The summed E-state index contributed by atoms with van der Waals surface area (Å²) in [5.74, 6) is 0.552. The lowest BCUT2D eigenvalue weighted by molar-refractivity contribution is -0.0000174. The van der Waals surface area contributed by atoms with E-state index in [0.29, 0.717) is 36.7 Å². The molecule has 1 aromatic heterocycles. The molecule has 43 heavy (non-hydrogen) atoms. The van der Waals surface area contributed by atoms with Crippen molar-refractivity contribution in [2.45, 2.75) is 19.7 Å². The van der Waals surface area contributed by atoms with Gasteiger partial charge in [0, 0.05) is 24.0 Å². The molecule has 5 aromatic rings. The Hall–Kier alpha value is -3.42. The highest BCUT2D eigenvalue weighted by molar-refractivity contribution is 14.0. The Labute approximate surface area is 287 Å². The van der Waals surface area contributed by atoms with Crippen molar-refractivity contribution >= 4 is 52.3 Å². The Morgan fingerprint density at radius 1 is 0.860 bits per heavy atom. The number of carbonyl (C=O) groups is 1. The molecule has 9 heteroatoms. The molecule has 4 N–H and O–H groups in total. The Morgan fingerprint density at radius 3 is 2.21 bits per heavy atom. The summed E-state index contributed by atoms with van der Waals surface area (Å²) in [6.45, 7) is 1.28. The number of ether oxygens (including phenoxy) is 1. The lowest BCUT2D eigenvalue weighted by Gasteiger charge is -2.23. The number of fused-ring (bicyclic) bond motifs is 1. The molecule has 0 unspecified atom stereocenters. The van der Waals surface area contributed by atoms with Gasteiger partial charge >= 0.3 is 0 Å². The first kappa shape index (κ1) is 34.1. The molecule has 1 heterocycles. The minimum Gasteiger partial charge on any atom is -1.00 e. The number of carbonyl (C=O) groups excluding carboxylic acids is 1. The van der Waals surface area contributed by atoms with Gasteiger partial charge in [0.2, 0.25) is 0 Å². The predicted octanol–water partition coefficient (Wildman–Crippen LogP) is 3.30. The van der Waals surface area contributed by atoms with Crippen LogP contribution in [0.2, 0.25) is 0 Å². The topological polar surface area (TPSA) is 93.1 Å². The molecule has 0 saturated carbocycles. The van der Waals surface area contributed by atoms with E-state index >= 15 is 0 Å². The summed E-state index contributed by atoms with van der Waals surface area (Å²) in [4.78, 5) is 13.7. The van der Waals surface area contributed by atoms with Crippen LogP contribution in [-0.4, -0.2) is 37.5 Å². The van der Waals surface area contributed by atoms with Crippen LogP contribution in [0.4, 0.5) is 5.69 Å². The van der Waals surface area contributed by atoms with E-state index in [1.165, 1.54) is 5.69 Å². The summed E-state index contributed by atoms with van der Waals surface area (Å²) in [6.07, 6.45) is 0. The minimum absolute atomic E-state index is 0. The highest BCUT2D eigenvalue weighted by atomic mass is 127. The molecule has 0 spiro atoms. The van der Waals surface area contributed by atoms with E-state index in [0.717, 1.165) is 32.1 Å². The fraction of sp³-hybridized carbons (Fsp3) is 0.176. The number of nitrogens with two attached hydrogens (primary N) is 1. The van der Waals surface area contributed by atoms with E-state index in [2.05, 4.69) is 50.7 Å². The van der Waals surface area contributed by atoms with E-state index in [-0.39, 0.29) is 59.7 Å². The molecule has 0 fully saturated rings. The molecule has 0 aliphatic heterocycles. The van der Waals surface area contributed by atoms with E-state index in [9.17, 15) is 4.79 Å². The molecule has 1 amide bonds. The predicted molar refractivity (Wildman–Crippen MR) is 182 cm³/mol. The number of quaternary nitrogens is 1. The van der Waals surface area contributed by atoms with Gasteiger partial charge in [-0.05, 0) is 53.1 Å². The quantitative estimate of drug-likeness (QED) is 0.0878. The van der Waals surface area contributed by atoms with Gasteiger partial charge in [-0.2, -0.15) is 0 Å². The van der Waals surface area contributed by atoms with Crippen LogP contribution in [-0.2, 0) is 19.7 Å². The van der Waals surface area contributed by atoms with E-state index < -0.39 is 0 Å². The molecule has 0 atom stereocenters. The Balaban J connectivity index is 0.00000253. The second-order valence-electron chi connectivity index (χ2n) is 11.1. The number of hydrogen-bond donors (Lipinski definition) is 3. The summed E-state index contributed by atoms with van der Waals surface area (Å²) < 4.78 is 8.96. The van der Waals surface area contributed by atoms with Gasteiger partial charge in [0.25, 0.3) is 5.91 Å². The van der Waals surface area contributed by atoms with Crippen LogP contribution in [0.5, 0.6) is 5.75 Å². The Morgan fingerprint density at radius 2 is 1.53 bits per heavy atom. The van der Waals surface area contributed by atoms with Crippen LogP contribution < -0.4 is 44.2 Å². The second kappa shape index (κ2) is 14.8. The second-order valence-corrected chi connectivity index (χ2v) is 11.1. The van der Waals surface area contributed by atoms with Gasteiger partial charge in [0.05, 0.1) is 26.7 Å². The first-order chi connectivity index (χ1) is 19.7. The largest absolute Gasteiger partial charge is 1.00 e. The molecule has 0 radical (unpaired) electrons. The number of halogens is 2. The smallest absolute Gasteiger partial charge is 0.268 e. The van der Waals surface area contributed by atoms with Crippen molar-refractivity contribution in [3.05, 3.63) is 131 Å². The number of rotatable bonds is 10. The lowest BCUT2D eigenvalue weighted by Crippen LogP contribution is -3.00. The first-order valence-electron chi connectivity index (χ1n) is 13.6. The zero-order chi connectivity index (χ0) is 29.0. The van der Waals surface area contributed by atoms with Gasteiger partial charge in [-0.1, -0.05) is 66.7 Å². The van der Waals surface area contributed by atoms with Crippen molar-refractivity contribution in [2.24, 2.45) is 5.73 Å². The van der Waals surface area contributed by atoms with Gasteiger partial charge in [-0.3, -0.25) is 14.7 Å². The number of aromatic nitrogens is 1. The molecule has 0 aliphatic carbocycles. The average molecular weight is 802 g/mol. The monoisotopic (exact) mass is 801 g/mol. The molecule has 7 nitrogen and oxygen atoms in total. The Kier molecular flexibility index (Phi) is 11.8. The maximum Gasteiger partial charge on any atom is 0.268 e. The Bertz CT molecular complexity index is 1690. The lowest BCUT2D eigenvalue weighted by atomic mass is 10.1. The van der Waals surface area contributed by atoms with Crippen molar-refractivity contribution in [1.82, 2.24) is 14.4 Å². The van der Waals surface area contributed by atoms with Gasteiger partial charge in [0.1, 0.15) is 29.6 Å². The van der Waals surface area contributed by atoms with Crippen molar-refractivity contribution in [1.29, 1.82) is 5.41 Å². The maximum absolute atomic E-state index is 13.7. The number of nitrogen functional groups attached to an aromatic ring is 1. The molecular formula is C34H37I2N5O2. The third-order valence-corrected chi connectivity index (χ3v) is 7.12. The summed E-state index contributed by atoms with van der Waals surface area (Å²) in [6, 6.07) is 33.6. The summed E-state index contributed by atoms with van der Waals surface area (Å²) in [7, 11) is 6.37. The highest BCUT2D eigenvalue weighted by Gasteiger charge is 2.19. The summed E-state index contributed by atoms with van der Waals surface area (Å²) in [5, 5.41) is 11.8. The van der Waals surface area contributed by atoms with Crippen LogP contribution in [0, 0.1) is 5.41 Å². The van der Waals surface area contributed by atoms with E-state index in [1.807, 2.05) is 83.4 Å². The molecule has 224 valence electrons. The van der Waals surface area contributed by atoms with Crippen LogP contribution >= 0.6 is 24.0 Å². The standard InChI is InChI=1S/C34H35N5O2.2HI/c1-39(2,3)28-17-15-24(16-18-28)21-37-34(40)31-20-29-30(38(31)22-26-11-7-12-27(19-26)33(35)36)13-8-14-32(29)41-23-25-9-5-4-6-10-25;;/h4-20H,21-23H2,1-3H3,(H3-,35,36,37,40);2*1H. The molecule has 5 rings (SSSR count). The normalized spacial score (nSPS) is 10.9. The third-order valence-electron chi connectivity index (χ3n) is 7.12.